The van der Waals surface area contributed by atoms with Gasteiger partial charge in [-0.25, -0.2) is 5.48 Å². The third-order valence-electron chi connectivity index (χ3n) is 4.16. The van der Waals surface area contributed by atoms with E-state index in [4.69, 9.17) is 19.4 Å². The lowest BCUT2D eigenvalue weighted by atomic mass is 10.1. The van der Waals surface area contributed by atoms with E-state index in [0.717, 1.165) is 22.2 Å². The molecule has 3 rings (SSSR count). The van der Waals surface area contributed by atoms with Crippen molar-refractivity contribution < 1.29 is 24.2 Å². The van der Waals surface area contributed by atoms with Crippen LogP contribution in [-0.2, 0) is 6.42 Å². The van der Waals surface area contributed by atoms with Gasteiger partial charge in [-0.3, -0.25) is 10.0 Å². The van der Waals surface area contributed by atoms with Gasteiger partial charge in [0.1, 0.15) is 0 Å². The predicted octanol–water partition coefficient (Wildman–Crippen LogP) is 2.90. The summed E-state index contributed by atoms with van der Waals surface area (Å²) in [7, 11) is 4.73. The number of carbonyl (C=O) groups is 1. The number of hydroxylamine groups is 1. The van der Waals surface area contributed by atoms with Gasteiger partial charge in [0.25, 0.3) is 5.91 Å². The standard InChI is InChI=1S/C19H20N2O5/c1-24-16-7-11(8-17(25-2)18(16)26-3)6-14-9-12-4-5-13(19(22)21-23)10-15(12)20-14/h4-5,7-10,20,23H,6H2,1-3H3,(H,21,22). The summed E-state index contributed by atoms with van der Waals surface area (Å²) >= 11 is 0. The number of hydrogen-bond donors (Lipinski definition) is 3. The van der Waals surface area contributed by atoms with E-state index in [1.807, 2.05) is 24.3 Å². The van der Waals surface area contributed by atoms with Crippen molar-refractivity contribution in [2.24, 2.45) is 0 Å². The first-order valence-corrected chi connectivity index (χ1v) is 7.94. The van der Waals surface area contributed by atoms with Gasteiger partial charge in [-0.1, -0.05) is 6.07 Å². The van der Waals surface area contributed by atoms with Crippen molar-refractivity contribution in [2.45, 2.75) is 6.42 Å². The van der Waals surface area contributed by atoms with E-state index in [1.165, 1.54) is 0 Å². The summed E-state index contributed by atoms with van der Waals surface area (Å²) in [5, 5.41) is 9.73. The van der Waals surface area contributed by atoms with E-state index in [0.29, 0.717) is 29.2 Å². The number of rotatable bonds is 6. The number of methoxy groups -OCH3 is 3. The van der Waals surface area contributed by atoms with Crippen molar-refractivity contribution >= 4 is 16.8 Å². The number of aromatic amines is 1. The Labute approximate surface area is 150 Å². The van der Waals surface area contributed by atoms with Gasteiger partial charge < -0.3 is 19.2 Å². The van der Waals surface area contributed by atoms with Crippen molar-refractivity contribution in [3.8, 4) is 17.2 Å². The Bertz CT molecular complexity index is 923. The number of benzene rings is 2. The first-order chi connectivity index (χ1) is 12.6. The van der Waals surface area contributed by atoms with Crippen LogP contribution in [0.25, 0.3) is 10.9 Å². The van der Waals surface area contributed by atoms with Gasteiger partial charge in [-0.15, -0.1) is 0 Å². The monoisotopic (exact) mass is 356 g/mol. The second kappa shape index (κ2) is 7.37. The Hall–Kier alpha value is -3.19. The van der Waals surface area contributed by atoms with Gasteiger partial charge in [0.2, 0.25) is 5.75 Å². The minimum atomic E-state index is -0.548. The molecular formula is C19H20N2O5. The van der Waals surface area contributed by atoms with Gasteiger partial charge in [0, 0.05) is 23.2 Å². The normalized spacial score (nSPS) is 10.6. The number of carbonyl (C=O) groups excluding carboxylic acids is 1. The molecule has 1 aromatic heterocycles. The molecule has 3 aromatic rings. The second-order valence-corrected chi connectivity index (χ2v) is 5.75. The Kier molecular flexibility index (Phi) is 4.99. The summed E-state index contributed by atoms with van der Waals surface area (Å²) in [6, 6.07) is 11.0. The van der Waals surface area contributed by atoms with Crippen LogP contribution >= 0.6 is 0 Å². The smallest absolute Gasteiger partial charge is 0.274 e. The first-order valence-electron chi connectivity index (χ1n) is 7.94. The summed E-state index contributed by atoms with van der Waals surface area (Å²) in [6.07, 6.45) is 0.618. The number of H-pyrrole nitrogens is 1. The highest BCUT2D eigenvalue weighted by Crippen LogP contribution is 2.38. The molecule has 7 nitrogen and oxygen atoms in total. The van der Waals surface area contributed by atoms with Gasteiger partial charge >= 0.3 is 0 Å². The molecule has 0 saturated carbocycles. The molecule has 7 heteroatoms. The molecule has 3 N–H and O–H groups in total. The molecule has 0 fully saturated rings. The van der Waals surface area contributed by atoms with E-state index in [1.54, 1.807) is 38.9 Å². The fraction of sp³-hybridized carbons (Fsp3) is 0.211. The summed E-state index contributed by atoms with van der Waals surface area (Å²) < 4.78 is 16.1. The van der Waals surface area contributed by atoms with E-state index < -0.39 is 5.91 Å². The summed E-state index contributed by atoms with van der Waals surface area (Å²) in [6.45, 7) is 0. The third kappa shape index (κ3) is 3.29. The zero-order chi connectivity index (χ0) is 18.7. The van der Waals surface area contributed by atoms with Crippen molar-refractivity contribution in [3.05, 3.63) is 53.2 Å². The third-order valence-corrected chi connectivity index (χ3v) is 4.16. The second-order valence-electron chi connectivity index (χ2n) is 5.75. The molecule has 0 aliphatic carbocycles. The first kappa shape index (κ1) is 17.6. The maximum atomic E-state index is 11.5. The minimum Gasteiger partial charge on any atom is -0.493 e. The number of nitrogens with one attached hydrogen (secondary N) is 2. The molecule has 0 atom stereocenters. The lowest BCUT2D eigenvalue weighted by molar-refractivity contribution is 0.0706. The average Bonchev–Trinajstić information content (AvgIpc) is 3.07. The maximum Gasteiger partial charge on any atom is 0.274 e. The molecular weight excluding hydrogens is 336 g/mol. The van der Waals surface area contributed by atoms with Crippen molar-refractivity contribution in [1.82, 2.24) is 10.5 Å². The lowest BCUT2D eigenvalue weighted by Crippen LogP contribution is -2.18. The maximum absolute atomic E-state index is 11.5. The van der Waals surface area contributed by atoms with E-state index in [2.05, 4.69) is 4.98 Å². The zero-order valence-corrected chi connectivity index (χ0v) is 14.8. The van der Waals surface area contributed by atoms with E-state index in [9.17, 15) is 4.79 Å². The van der Waals surface area contributed by atoms with Crippen molar-refractivity contribution in [2.75, 3.05) is 21.3 Å². The topological polar surface area (TPSA) is 92.8 Å². The fourth-order valence-corrected chi connectivity index (χ4v) is 2.95. The molecule has 1 amide bonds. The van der Waals surface area contributed by atoms with Gasteiger partial charge in [0.05, 0.1) is 21.3 Å². The molecule has 0 radical (unpaired) electrons. The summed E-state index contributed by atoms with van der Waals surface area (Å²) in [5.74, 6) is 1.20. The van der Waals surface area contributed by atoms with Crippen molar-refractivity contribution in [1.29, 1.82) is 0 Å². The molecule has 136 valence electrons. The number of aromatic nitrogens is 1. The molecule has 0 aliphatic heterocycles. The van der Waals surface area contributed by atoms with Crippen LogP contribution in [0.3, 0.4) is 0 Å². The van der Waals surface area contributed by atoms with Crippen molar-refractivity contribution in [3.63, 3.8) is 0 Å². The fourth-order valence-electron chi connectivity index (χ4n) is 2.95. The Morgan fingerprint density at radius 3 is 2.31 bits per heavy atom. The van der Waals surface area contributed by atoms with Crippen LogP contribution in [0.5, 0.6) is 17.2 Å². The average molecular weight is 356 g/mol. The van der Waals surface area contributed by atoms with Crippen LogP contribution in [0, 0.1) is 0 Å². The lowest BCUT2D eigenvalue weighted by Gasteiger charge is -2.13. The molecule has 0 saturated heterocycles. The molecule has 0 unspecified atom stereocenters. The Morgan fingerprint density at radius 1 is 1.04 bits per heavy atom. The summed E-state index contributed by atoms with van der Waals surface area (Å²) in [4.78, 5) is 14.8. The highest BCUT2D eigenvalue weighted by Gasteiger charge is 2.14. The van der Waals surface area contributed by atoms with Gasteiger partial charge in [0.15, 0.2) is 11.5 Å². The van der Waals surface area contributed by atoms with E-state index >= 15 is 0 Å². The molecule has 0 spiro atoms. The van der Waals surface area contributed by atoms with Crippen LogP contribution in [0.2, 0.25) is 0 Å². The Balaban J connectivity index is 1.94. The molecule has 2 aromatic carbocycles. The highest BCUT2D eigenvalue weighted by molar-refractivity contribution is 5.97. The van der Waals surface area contributed by atoms with E-state index in [-0.39, 0.29) is 0 Å². The van der Waals surface area contributed by atoms with Crippen LogP contribution in [0.1, 0.15) is 21.6 Å². The van der Waals surface area contributed by atoms with Crippen LogP contribution < -0.4 is 19.7 Å². The largest absolute Gasteiger partial charge is 0.493 e. The van der Waals surface area contributed by atoms with Gasteiger partial charge in [-0.05, 0) is 41.3 Å². The number of fused-ring (bicyclic) bond motifs is 1. The van der Waals surface area contributed by atoms with Crippen LogP contribution in [0.15, 0.2) is 36.4 Å². The van der Waals surface area contributed by atoms with Crippen LogP contribution in [-0.4, -0.2) is 37.4 Å². The molecule has 0 aliphatic rings. The zero-order valence-electron chi connectivity index (χ0n) is 14.8. The molecule has 26 heavy (non-hydrogen) atoms. The molecule has 1 heterocycles. The van der Waals surface area contributed by atoms with Gasteiger partial charge in [-0.2, -0.15) is 0 Å². The SMILES string of the molecule is COc1cc(Cc2cc3ccc(C(=O)NO)cc3[nH]2)cc(OC)c1OC. The number of hydrogen-bond acceptors (Lipinski definition) is 5. The highest BCUT2D eigenvalue weighted by atomic mass is 16.5. The number of amides is 1. The summed E-state index contributed by atoms with van der Waals surface area (Å²) in [5.41, 5.74) is 4.78. The van der Waals surface area contributed by atoms with Crippen LogP contribution in [0.4, 0.5) is 0 Å². The quantitative estimate of drug-likeness (QED) is 0.466. The minimum absolute atomic E-state index is 0.376. The Morgan fingerprint density at radius 2 is 1.73 bits per heavy atom. The predicted molar refractivity (Wildman–Crippen MR) is 96.5 cm³/mol. The number of ether oxygens (including phenoxy) is 3. The molecule has 0 bridgehead atoms.